The van der Waals surface area contributed by atoms with Crippen molar-refractivity contribution in [2.45, 2.75) is 13.2 Å². The number of methoxy groups -OCH3 is 1. The first-order chi connectivity index (χ1) is 8.29. The van der Waals surface area contributed by atoms with Gasteiger partial charge in [-0.2, -0.15) is 0 Å². The number of nitrogen functional groups attached to an aromatic ring is 1. The van der Waals surface area contributed by atoms with Crippen LogP contribution in [0, 0.1) is 0 Å². The average molecular weight is 249 g/mol. The number of nitrogens with two attached hydrogens (primary N) is 1. The normalized spacial score (nSPS) is 10.4. The molecule has 0 unspecified atom stereocenters. The van der Waals surface area contributed by atoms with Crippen LogP contribution in [0.2, 0.25) is 0 Å². The third-order valence-corrected chi connectivity index (χ3v) is 3.24. The molecule has 0 amide bonds. The van der Waals surface area contributed by atoms with Gasteiger partial charge in [-0.3, -0.25) is 0 Å². The number of benzene rings is 1. The van der Waals surface area contributed by atoms with Crippen LogP contribution in [0.25, 0.3) is 0 Å². The van der Waals surface area contributed by atoms with Crippen LogP contribution < -0.4 is 10.5 Å². The van der Waals surface area contributed by atoms with Gasteiger partial charge in [0.2, 0.25) is 0 Å². The van der Waals surface area contributed by atoms with Gasteiger partial charge in [0.25, 0.3) is 0 Å². The number of hydrogen-bond donors (Lipinski definition) is 1. The van der Waals surface area contributed by atoms with Crippen LogP contribution in [0.15, 0.2) is 35.7 Å². The highest BCUT2D eigenvalue weighted by Crippen LogP contribution is 2.22. The molecule has 3 nitrogen and oxygen atoms in total. The lowest BCUT2D eigenvalue weighted by atomic mass is 10.2. The van der Waals surface area contributed by atoms with Gasteiger partial charge in [-0.25, -0.2) is 0 Å². The third kappa shape index (κ3) is 3.22. The zero-order valence-corrected chi connectivity index (χ0v) is 10.5. The van der Waals surface area contributed by atoms with Crippen LogP contribution in [0.3, 0.4) is 0 Å². The molecule has 0 radical (unpaired) electrons. The van der Waals surface area contributed by atoms with Crippen molar-refractivity contribution in [2.75, 3.05) is 12.8 Å². The molecule has 1 aromatic carbocycles. The van der Waals surface area contributed by atoms with E-state index in [4.69, 9.17) is 15.2 Å². The summed E-state index contributed by atoms with van der Waals surface area (Å²) < 4.78 is 10.9. The lowest BCUT2D eigenvalue weighted by Gasteiger charge is -2.09. The summed E-state index contributed by atoms with van der Waals surface area (Å²) >= 11 is 1.69. The minimum atomic E-state index is 0.506. The van der Waals surface area contributed by atoms with E-state index in [1.807, 2.05) is 29.6 Å². The molecule has 4 heteroatoms. The Kier molecular flexibility index (Phi) is 4.01. The van der Waals surface area contributed by atoms with E-state index >= 15 is 0 Å². The van der Waals surface area contributed by atoms with Gasteiger partial charge >= 0.3 is 0 Å². The molecular weight excluding hydrogens is 234 g/mol. The fourth-order valence-electron chi connectivity index (χ4n) is 1.57. The third-order valence-electron chi connectivity index (χ3n) is 2.39. The Morgan fingerprint density at radius 3 is 2.82 bits per heavy atom. The number of ether oxygens (including phenoxy) is 2. The van der Waals surface area contributed by atoms with E-state index in [1.54, 1.807) is 18.4 Å². The van der Waals surface area contributed by atoms with Gasteiger partial charge in [0.1, 0.15) is 5.75 Å². The van der Waals surface area contributed by atoms with E-state index in [-0.39, 0.29) is 0 Å². The Labute approximate surface area is 105 Å². The number of rotatable bonds is 5. The van der Waals surface area contributed by atoms with E-state index in [0.29, 0.717) is 13.2 Å². The fourth-order valence-corrected chi connectivity index (χ4v) is 2.21. The Morgan fingerprint density at radius 1 is 1.24 bits per heavy atom. The predicted octanol–water partition coefficient (Wildman–Crippen LogP) is 3.06. The molecule has 17 heavy (non-hydrogen) atoms. The van der Waals surface area contributed by atoms with Crippen LogP contribution in [0.1, 0.15) is 10.4 Å². The molecule has 0 aliphatic carbocycles. The largest absolute Gasteiger partial charge is 0.496 e. The van der Waals surface area contributed by atoms with Crippen LogP contribution in [0.5, 0.6) is 5.75 Å². The second-order valence-electron chi connectivity index (χ2n) is 3.64. The highest BCUT2D eigenvalue weighted by Gasteiger charge is 2.04. The predicted molar refractivity (Wildman–Crippen MR) is 70.2 cm³/mol. The smallest absolute Gasteiger partial charge is 0.124 e. The summed E-state index contributed by atoms with van der Waals surface area (Å²) in [7, 11) is 1.65. The molecule has 0 saturated carbocycles. The molecule has 0 fully saturated rings. The maximum atomic E-state index is 5.74. The zero-order chi connectivity index (χ0) is 12.1. The first-order valence-electron chi connectivity index (χ1n) is 5.32. The van der Waals surface area contributed by atoms with Crippen molar-refractivity contribution in [3.63, 3.8) is 0 Å². The van der Waals surface area contributed by atoms with Crippen molar-refractivity contribution >= 4 is 17.0 Å². The van der Waals surface area contributed by atoms with E-state index in [1.165, 1.54) is 4.88 Å². The van der Waals surface area contributed by atoms with Gasteiger partial charge in [0.15, 0.2) is 0 Å². The molecule has 1 aromatic heterocycles. The lowest BCUT2D eigenvalue weighted by Crippen LogP contribution is -1.98. The van der Waals surface area contributed by atoms with Gasteiger partial charge in [0.05, 0.1) is 20.3 Å². The second kappa shape index (κ2) is 5.70. The maximum absolute atomic E-state index is 5.74. The Morgan fingerprint density at radius 2 is 2.12 bits per heavy atom. The average Bonchev–Trinajstić information content (AvgIpc) is 2.82. The molecule has 0 atom stereocenters. The molecule has 0 spiro atoms. The van der Waals surface area contributed by atoms with Crippen LogP contribution in [0.4, 0.5) is 5.69 Å². The molecule has 1 heterocycles. The van der Waals surface area contributed by atoms with Crippen LogP contribution in [-0.2, 0) is 18.0 Å². The minimum Gasteiger partial charge on any atom is -0.496 e. The number of hydrogen-bond acceptors (Lipinski definition) is 4. The van der Waals surface area contributed by atoms with Crippen molar-refractivity contribution in [2.24, 2.45) is 0 Å². The zero-order valence-electron chi connectivity index (χ0n) is 9.68. The highest BCUT2D eigenvalue weighted by molar-refractivity contribution is 7.09. The van der Waals surface area contributed by atoms with Crippen molar-refractivity contribution in [3.8, 4) is 5.75 Å². The van der Waals surface area contributed by atoms with Gasteiger partial charge in [-0.15, -0.1) is 11.3 Å². The first-order valence-corrected chi connectivity index (χ1v) is 6.20. The molecule has 2 aromatic rings. The van der Waals surface area contributed by atoms with Crippen molar-refractivity contribution in [3.05, 3.63) is 46.2 Å². The monoisotopic (exact) mass is 249 g/mol. The summed E-state index contributed by atoms with van der Waals surface area (Å²) in [5, 5.41) is 2.04. The molecule has 0 aliphatic rings. The Hall–Kier alpha value is -1.52. The van der Waals surface area contributed by atoms with E-state index in [2.05, 4.69) is 6.07 Å². The van der Waals surface area contributed by atoms with Gasteiger partial charge in [-0.05, 0) is 29.6 Å². The summed E-state index contributed by atoms with van der Waals surface area (Å²) in [6.45, 7) is 1.13. The Balaban J connectivity index is 1.96. The summed E-state index contributed by atoms with van der Waals surface area (Å²) in [5.41, 5.74) is 7.44. The maximum Gasteiger partial charge on any atom is 0.124 e. The van der Waals surface area contributed by atoms with Crippen molar-refractivity contribution in [1.82, 2.24) is 0 Å². The topological polar surface area (TPSA) is 44.5 Å². The van der Waals surface area contributed by atoms with Gasteiger partial charge in [0, 0.05) is 16.1 Å². The van der Waals surface area contributed by atoms with Crippen LogP contribution >= 0.6 is 11.3 Å². The SMILES string of the molecule is COc1ccc(N)cc1COCc1cccs1. The fraction of sp³-hybridized carbons (Fsp3) is 0.231. The summed E-state index contributed by atoms with van der Waals surface area (Å²) in [6, 6.07) is 9.64. The molecule has 90 valence electrons. The van der Waals surface area contributed by atoms with E-state index in [9.17, 15) is 0 Å². The summed E-state index contributed by atoms with van der Waals surface area (Å²) in [6.07, 6.45) is 0. The molecule has 0 aliphatic heterocycles. The summed E-state index contributed by atoms with van der Waals surface area (Å²) in [5.74, 6) is 0.811. The number of thiophene rings is 1. The molecule has 0 saturated heterocycles. The number of anilines is 1. The van der Waals surface area contributed by atoms with Crippen molar-refractivity contribution in [1.29, 1.82) is 0 Å². The molecule has 2 N–H and O–H groups in total. The molecular formula is C13H15NO2S. The minimum absolute atomic E-state index is 0.506. The van der Waals surface area contributed by atoms with E-state index in [0.717, 1.165) is 17.0 Å². The van der Waals surface area contributed by atoms with Gasteiger partial charge in [-0.1, -0.05) is 6.07 Å². The summed E-state index contributed by atoms with van der Waals surface area (Å²) in [4.78, 5) is 1.22. The second-order valence-corrected chi connectivity index (χ2v) is 4.68. The van der Waals surface area contributed by atoms with Gasteiger partial charge < -0.3 is 15.2 Å². The first kappa shape index (κ1) is 12.0. The lowest BCUT2D eigenvalue weighted by molar-refractivity contribution is 0.107. The molecule has 2 rings (SSSR count). The molecule has 0 bridgehead atoms. The standard InChI is InChI=1S/C13H15NO2S/c1-15-13-5-4-11(14)7-10(13)8-16-9-12-3-2-6-17-12/h2-7H,8-9,14H2,1H3. The Bertz CT molecular complexity index is 468. The quantitative estimate of drug-likeness (QED) is 0.828. The van der Waals surface area contributed by atoms with Crippen LogP contribution in [-0.4, -0.2) is 7.11 Å². The van der Waals surface area contributed by atoms with E-state index < -0.39 is 0 Å². The van der Waals surface area contributed by atoms with Crippen molar-refractivity contribution < 1.29 is 9.47 Å². The highest BCUT2D eigenvalue weighted by atomic mass is 32.1.